The zero-order valence-corrected chi connectivity index (χ0v) is 17.2. The first kappa shape index (κ1) is 19.5. The molecule has 1 fully saturated rings. The lowest BCUT2D eigenvalue weighted by molar-refractivity contribution is 0.381. The summed E-state index contributed by atoms with van der Waals surface area (Å²) < 4.78 is 42.9. The van der Waals surface area contributed by atoms with Gasteiger partial charge < -0.3 is 4.90 Å². The van der Waals surface area contributed by atoms with Crippen molar-refractivity contribution in [2.24, 2.45) is 0 Å². The summed E-state index contributed by atoms with van der Waals surface area (Å²) in [7, 11) is -3.82. The molecule has 0 atom stereocenters. The number of imidazole rings is 1. The van der Waals surface area contributed by atoms with E-state index in [-0.39, 0.29) is 5.03 Å². The third-order valence-corrected chi connectivity index (χ3v) is 7.00. The Kier molecular flexibility index (Phi) is 4.83. The zero-order chi connectivity index (χ0) is 21.4. The quantitative estimate of drug-likeness (QED) is 0.479. The minimum atomic E-state index is -3.82. The van der Waals surface area contributed by atoms with Crippen LogP contribution < -0.4 is 4.90 Å². The van der Waals surface area contributed by atoms with E-state index in [1.807, 2.05) is 23.1 Å². The molecule has 0 aliphatic carbocycles. The second-order valence-corrected chi connectivity index (χ2v) is 8.94. The van der Waals surface area contributed by atoms with Gasteiger partial charge in [0, 0.05) is 44.1 Å². The normalized spacial score (nSPS) is 15.5. The Morgan fingerprint density at radius 2 is 1.77 bits per heavy atom. The number of pyridine rings is 2. The molecule has 0 radical (unpaired) electrons. The summed E-state index contributed by atoms with van der Waals surface area (Å²) in [6, 6.07) is 10.2. The van der Waals surface area contributed by atoms with Crippen LogP contribution in [-0.2, 0) is 10.0 Å². The molecule has 1 saturated heterocycles. The van der Waals surface area contributed by atoms with Gasteiger partial charge in [0.15, 0.2) is 10.7 Å². The van der Waals surface area contributed by atoms with E-state index in [9.17, 15) is 12.8 Å². The standard InChI is InChI=1S/C20H18FN7O2S/c21-16-11-15(12-22-13-16)17-4-5-19-24-14-20(28(19)25-17)31(29,30)27-9-7-26(8-10-27)18-3-1-2-6-23-18/h1-6,11-14H,7-10H2. The number of piperazine rings is 1. The summed E-state index contributed by atoms with van der Waals surface area (Å²) in [6.07, 6.45) is 5.59. The van der Waals surface area contributed by atoms with Gasteiger partial charge in [-0.15, -0.1) is 0 Å². The molecule has 0 saturated carbocycles. The SMILES string of the molecule is O=S(=O)(c1cnc2ccc(-c3cncc(F)c3)nn12)N1CCN(c2ccccn2)CC1. The topological polar surface area (TPSA) is 96.6 Å². The van der Waals surface area contributed by atoms with Gasteiger partial charge in [0.2, 0.25) is 0 Å². The Balaban J connectivity index is 1.44. The van der Waals surface area contributed by atoms with Crippen LogP contribution in [0.15, 0.2) is 66.2 Å². The van der Waals surface area contributed by atoms with Crippen molar-refractivity contribution in [2.45, 2.75) is 5.03 Å². The summed E-state index contributed by atoms with van der Waals surface area (Å²) in [5.74, 6) is 0.327. The summed E-state index contributed by atoms with van der Waals surface area (Å²) in [5.41, 5.74) is 1.23. The summed E-state index contributed by atoms with van der Waals surface area (Å²) in [5, 5.41) is 4.36. The number of aromatic nitrogens is 5. The van der Waals surface area contributed by atoms with Crippen LogP contribution in [0.3, 0.4) is 0 Å². The molecule has 1 aliphatic heterocycles. The highest BCUT2D eigenvalue weighted by Gasteiger charge is 2.31. The van der Waals surface area contributed by atoms with Gasteiger partial charge in [0.05, 0.1) is 18.1 Å². The van der Waals surface area contributed by atoms with Crippen LogP contribution in [0, 0.1) is 5.82 Å². The molecule has 0 amide bonds. The summed E-state index contributed by atoms with van der Waals surface area (Å²) in [4.78, 5) is 14.4. The fourth-order valence-corrected chi connectivity index (χ4v) is 5.01. The van der Waals surface area contributed by atoms with Gasteiger partial charge in [-0.25, -0.2) is 27.3 Å². The second-order valence-electron chi connectivity index (χ2n) is 7.06. The summed E-state index contributed by atoms with van der Waals surface area (Å²) >= 11 is 0. The largest absolute Gasteiger partial charge is 0.354 e. The number of hydrogen-bond donors (Lipinski definition) is 0. The van der Waals surface area contributed by atoms with Crippen molar-refractivity contribution in [3.05, 3.63) is 67.0 Å². The van der Waals surface area contributed by atoms with Gasteiger partial charge in [-0.2, -0.15) is 9.40 Å². The maximum atomic E-state index is 13.6. The van der Waals surface area contributed by atoms with Crippen LogP contribution in [0.1, 0.15) is 0 Å². The predicted octanol–water partition coefficient (Wildman–Crippen LogP) is 1.84. The third kappa shape index (κ3) is 3.62. The fraction of sp³-hybridized carbons (Fsp3) is 0.200. The Bertz CT molecular complexity index is 1340. The first-order chi connectivity index (χ1) is 15.0. The molecule has 31 heavy (non-hydrogen) atoms. The van der Waals surface area contributed by atoms with Gasteiger partial charge >= 0.3 is 0 Å². The molecule has 9 nitrogen and oxygen atoms in total. The van der Waals surface area contributed by atoms with Crippen molar-refractivity contribution in [1.82, 2.24) is 28.9 Å². The minimum absolute atomic E-state index is 0.0278. The second kappa shape index (κ2) is 7.67. The van der Waals surface area contributed by atoms with E-state index >= 15 is 0 Å². The molecule has 0 spiro atoms. The molecule has 0 unspecified atom stereocenters. The molecule has 0 N–H and O–H groups in total. The van der Waals surface area contributed by atoms with Crippen LogP contribution in [0.25, 0.3) is 16.9 Å². The first-order valence-electron chi connectivity index (χ1n) is 9.64. The number of anilines is 1. The van der Waals surface area contributed by atoms with E-state index in [0.29, 0.717) is 43.1 Å². The van der Waals surface area contributed by atoms with E-state index in [4.69, 9.17) is 0 Å². The predicted molar refractivity (Wildman–Crippen MR) is 111 cm³/mol. The lowest BCUT2D eigenvalue weighted by atomic mass is 10.2. The van der Waals surface area contributed by atoms with E-state index in [1.165, 1.54) is 27.3 Å². The van der Waals surface area contributed by atoms with Crippen LogP contribution in [0.5, 0.6) is 0 Å². The monoisotopic (exact) mass is 439 g/mol. The van der Waals surface area contributed by atoms with E-state index in [2.05, 4.69) is 20.1 Å². The third-order valence-electron chi connectivity index (χ3n) is 5.15. The molecule has 158 valence electrons. The minimum Gasteiger partial charge on any atom is -0.354 e. The highest BCUT2D eigenvalue weighted by atomic mass is 32.2. The lowest BCUT2D eigenvalue weighted by Crippen LogP contribution is -2.49. The molecule has 4 aromatic rings. The number of fused-ring (bicyclic) bond motifs is 1. The fourth-order valence-electron chi connectivity index (χ4n) is 3.56. The molecule has 4 aromatic heterocycles. The van der Waals surface area contributed by atoms with Crippen molar-refractivity contribution in [2.75, 3.05) is 31.1 Å². The van der Waals surface area contributed by atoms with E-state index in [1.54, 1.807) is 18.3 Å². The highest BCUT2D eigenvalue weighted by Crippen LogP contribution is 2.23. The van der Waals surface area contributed by atoms with Gasteiger partial charge in [0.1, 0.15) is 11.6 Å². The van der Waals surface area contributed by atoms with Crippen LogP contribution >= 0.6 is 0 Å². The first-order valence-corrected chi connectivity index (χ1v) is 11.1. The molecular formula is C20H18FN7O2S. The molecule has 5 heterocycles. The number of halogens is 1. The van der Waals surface area contributed by atoms with E-state index in [0.717, 1.165) is 12.0 Å². The molecule has 5 rings (SSSR count). The van der Waals surface area contributed by atoms with Gasteiger partial charge in [-0.3, -0.25) is 4.98 Å². The maximum absolute atomic E-state index is 13.6. The summed E-state index contributed by atoms with van der Waals surface area (Å²) in [6.45, 7) is 1.69. The van der Waals surface area contributed by atoms with Gasteiger partial charge in [-0.1, -0.05) is 6.07 Å². The Morgan fingerprint density at radius 1 is 0.935 bits per heavy atom. The zero-order valence-electron chi connectivity index (χ0n) is 16.3. The van der Waals surface area contributed by atoms with Crippen LogP contribution in [0.2, 0.25) is 0 Å². The van der Waals surface area contributed by atoms with Crippen LogP contribution in [-0.4, -0.2) is 63.5 Å². The number of hydrogen-bond acceptors (Lipinski definition) is 7. The smallest absolute Gasteiger partial charge is 0.262 e. The lowest BCUT2D eigenvalue weighted by Gasteiger charge is -2.34. The number of sulfonamides is 1. The Morgan fingerprint density at radius 3 is 2.52 bits per heavy atom. The van der Waals surface area contributed by atoms with Gasteiger partial charge in [0.25, 0.3) is 10.0 Å². The van der Waals surface area contributed by atoms with Crippen molar-refractivity contribution in [3.8, 4) is 11.3 Å². The van der Waals surface area contributed by atoms with Crippen molar-refractivity contribution < 1.29 is 12.8 Å². The molecular weight excluding hydrogens is 421 g/mol. The Hall–Kier alpha value is -3.44. The Labute approximate surface area is 177 Å². The van der Waals surface area contributed by atoms with E-state index < -0.39 is 15.8 Å². The molecule has 1 aliphatic rings. The number of rotatable bonds is 4. The van der Waals surface area contributed by atoms with Gasteiger partial charge in [-0.05, 0) is 30.3 Å². The molecule has 0 aromatic carbocycles. The average Bonchev–Trinajstić information content (AvgIpc) is 3.24. The van der Waals surface area contributed by atoms with Crippen molar-refractivity contribution in [1.29, 1.82) is 0 Å². The maximum Gasteiger partial charge on any atom is 0.262 e. The van der Waals surface area contributed by atoms with Crippen LogP contribution in [0.4, 0.5) is 10.2 Å². The molecule has 0 bridgehead atoms. The molecule has 11 heteroatoms. The van der Waals surface area contributed by atoms with Crippen molar-refractivity contribution >= 4 is 21.5 Å². The number of nitrogens with zero attached hydrogens (tertiary/aromatic N) is 7. The van der Waals surface area contributed by atoms with Crippen molar-refractivity contribution in [3.63, 3.8) is 0 Å². The highest BCUT2D eigenvalue weighted by molar-refractivity contribution is 7.89. The average molecular weight is 439 g/mol.